The normalized spacial score (nSPS) is 20.0. The van der Waals surface area contributed by atoms with Crippen molar-refractivity contribution >= 4 is 29.5 Å². The summed E-state index contributed by atoms with van der Waals surface area (Å²) in [5.41, 5.74) is 2.01. The van der Waals surface area contributed by atoms with Gasteiger partial charge in [0.2, 0.25) is 5.91 Å². The Kier molecular flexibility index (Phi) is 4.97. The summed E-state index contributed by atoms with van der Waals surface area (Å²) in [5.74, 6) is -0.161. The van der Waals surface area contributed by atoms with Crippen molar-refractivity contribution in [3.8, 4) is 0 Å². The van der Waals surface area contributed by atoms with Crippen LogP contribution in [0.5, 0.6) is 0 Å². The summed E-state index contributed by atoms with van der Waals surface area (Å²) in [7, 11) is 1.25. The van der Waals surface area contributed by atoms with Crippen LogP contribution in [0.25, 0.3) is 0 Å². The topological polar surface area (TPSA) is 88.2 Å². The van der Waals surface area contributed by atoms with E-state index in [1.165, 1.54) is 16.9 Å². The number of halogens is 1. The van der Waals surface area contributed by atoms with Crippen LogP contribution in [0, 0.1) is 0 Å². The molecule has 2 heterocycles. The van der Waals surface area contributed by atoms with Crippen LogP contribution in [0.15, 0.2) is 18.2 Å². The molecule has 3 amide bonds. The molecule has 1 N–H and O–H groups in total. The van der Waals surface area contributed by atoms with E-state index in [2.05, 4.69) is 10.1 Å². The molecule has 1 aromatic carbocycles. The number of carbonyl (C=O) groups excluding carboxylic acids is 3. The third-order valence-corrected chi connectivity index (χ3v) is 4.44. The van der Waals surface area contributed by atoms with Gasteiger partial charge in [-0.15, -0.1) is 0 Å². The zero-order valence-electron chi connectivity index (χ0n) is 14.5. The number of hydrogen-bond donors (Lipinski definition) is 1. The van der Waals surface area contributed by atoms with E-state index in [9.17, 15) is 18.8 Å². The Morgan fingerprint density at radius 2 is 2.23 bits per heavy atom. The number of cyclic esters (lactones) is 1. The predicted molar refractivity (Wildman–Crippen MR) is 91.1 cm³/mol. The van der Waals surface area contributed by atoms with Crippen molar-refractivity contribution in [1.82, 2.24) is 5.32 Å². The first-order chi connectivity index (χ1) is 12.4. The van der Waals surface area contributed by atoms with E-state index in [0.717, 1.165) is 5.56 Å². The fraction of sp³-hybridized carbons (Fsp3) is 0.471. The smallest absolute Gasteiger partial charge is 0.414 e. The van der Waals surface area contributed by atoms with E-state index in [1.54, 1.807) is 25.1 Å². The number of carbonyl (C=O) groups is 3. The summed E-state index contributed by atoms with van der Waals surface area (Å²) in [5, 5.41) is 2.49. The molecule has 0 bridgehead atoms. The Morgan fingerprint density at radius 3 is 2.92 bits per heavy atom. The lowest BCUT2D eigenvalue weighted by atomic mass is 10.1. The Labute approximate surface area is 149 Å². The number of methoxy groups -OCH3 is 1. The van der Waals surface area contributed by atoms with Crippen LogP contribution >= 0.6 is 0 Å². The van der Waals surface area contributed by atoms with Crippen LogP contribution in [0.2, 0.25) is 0 Å². The molecule has 0 aromatic heterocycles. The minimum absolute atomic E-state index is 0.139. The Bertz CT molecular complexity index is 741. The van der Waals surface area contributed by atoms with Crippen molar-refractivity contribution in [2.24, 2.45) is 0 Å². The molecule has 2 aliphatic heterocycles. The Balaban J connectivity index is 1.73. The van der Waals surface area contributed by atoms with Gasteiger partial charge < -0.3 is 19.7 Å². The largest absolute Gasteiger partial charge is 0.453 e. The van der Waals surface area contributed by atoms with Crippen LogP contribution in [0.1, 0.15) is 12.5 Å². The molecule has 2 unspecified atom stereocenters. The van der Waals surface area contributed by atoms with Crippen molar-refractivity contribution in [2.75, 3.05) is 36.7 Å². The highest BCUT2D eigenvalue weighted by Gasteiger charge is 2.35. The number of amides is 3. The summed E-state index contributed by atoms with van der Waals surface area (Å²) in [6.45, 7) is 1.43. The van der Waals surface area contributed by atoms with Crippen molar-refractivity contribution in [1.29, 1.82) is 0 Å². The maximum atomic E-state index is 13.0. The van der Waals surface area contributed by atoms with E-state index in [4.69, 9.17) is 4.74 Å². The number of alkyl carbamates (subject to hydrolysis) is 1. The molecule has 2 atom stereocenters. The molecule has 0 saturated carbocycles. The number of fused-ring (bicyclic) bond motifs is 1. The van der Waals surface area contributed by atoms with Crippen LogP contribution in [-0.4, -0.2) is 57.1 Å². The quantitative estimate of drug-likeness (QED) is 0.857. The van der Waals surface area contributed by atoms with Gasteiger partial charge in [0.25, 0.3) is 0 Å². The number of nitrogens with one attached hydrogen (secondary N) is 1. The summed E-state index contributed by atoms with van der Waals surface area (Å²) in [6.07, 6.45) is -1.46. The van der Waals surface area contributed by atoms with Gasteiger partial charge in [-0.1, -0.05) is 0 Å². The molecule has 1 aromatic rings. The number of hydrogen-bond acceptors (Lipinski definition) is 5. The molecule has 0 radical (unpaired) electrons. The lowest BCUT2D eigenvalue weighted by Gasteiger charge is -2.23. The van der Waals surface area contributed by atoms with Gasteiger partial charge in [0.05, 0.1) is 32.7 Å². The fourth-order valence-electron chi connectivity index (χ4n) is 3.16. The molecule has 9 heteroatoms. The van der Waals surface area contributed by atoms with E-state index >= 15 is 0 Å². The molecule has 8 nitrogen and oxygen atoms in total. The molecule has 2 aliphatic rings. The summed E-state index contributed by atoms with van der Waals surface area (Å²) >= 11 is 0. The average molecular weight is 365 g/mol. The lowest BCUT2D eigenvalue weighted by molar-refractivity contribution is -0.117. The summed E-state index contributed by atoms with van der Waals surface area (Å²) < 4.78 is 22.7. The second-order valence-corrected chi connectivity index (χ2v) is 6.25. The fourth-order valence-corrected chi connectivity index (χ4v) is 3.16. The van der Waals surface area contributed by atoms with Crippen LogP contribution in [0.4, 0.5) is 25.4 Å². The minimum atomic E-state index is -0.625. The highest BCUT2D eigenvalue weighted by molar-refractivity contribution is 6.03. The number of nitrogens with zero attached hydrogens (tertiary/aromatic N) is 2. The monoisotopic (exact) mass is 365 g/mol. The molecule has 0 spiro atoms. The first-order valence-corrected chi connectivity index (χ1v) is 8.25. The zero-order chi connectivity index (χ0) is 18.8. The maximum Gasteiger partial charge on any atom is 0.414 e. The summed E-state index contributed by atoms with van der Waals surface area (Å²) in [4.78, 5) is 38.3. The maximum absolute atomic E-state index is 13.0. The average Bonchev–Trinajstić information content (AvgIpc) is 3.17. The molecule has 1 fully saturated rings. The Hall–Kier alpha value is -2.84. The number of anilines is 2. The molecule has 1 saturated heterocycles. The number of alkyl halides is 1. The standard InChI is InChI=1S/C17H20FN3O5/c1-10(7-18)21-14-4-3-12(5-11(14)6-15(21)22)20-9-13(26-17(20)24)8-19-16(23)25-2/h3-5,10,13H,6-9H2,1-2H3,(H,19,23). The predicted octanol–water partition coefficient (Wildman–Crippen LogP) is 1.61. The number of rotatable bonds is 5. The van der Waals surface area contributed by atoms with Crippen molar-refractivity contribution in [3.05, 3.63) is 23.8 Å². The Morgan fingerprint density at radius 1 is 1.46 bits per heavy atom. The number of benzene rings is 1. The van der Waals surface area contributed by atoms with Crippen LogP contribution in [0.3, 0.4) is 0 Å². The van der Waals surface area contributed by atoms with Gasteiger partial charge in [0, 0.05) is 11.4 Å². The molecular formula is C17H20FN3O5. The first-order valence-electron chi connectivity index (χ1n) is 8.25. The zero-order valence-corrected chi connectivity index (χ0v) is 14.5. The summed E-state index contributed by atoms with van der Waals surface area (Å²) in [6, 6.07) is 4.64. The molecule has 26 heavy (non-hydrogen) atoms. The van der Waals surface area contributed by atoms with E-state index in [-0.39, 0.29) is 25.4 Å². The van der Waals surface area contributed by atoms with E-state index in [1.807, 2.05) is 0 Å². The van der Waals surface area contributed by atoms with Crippen LogP contribution < -0.4 is 15.1 Å². The highest BCUT2D eigenvalue weighted by Crippen LogP contribution is 2.35. The van der Waals surface area contributed by atoms with E-state index < -0.39 is 31.0 Å². The third-order valence-electron chi connectivity index (χ3n) is 4.44. The minimum Gasteiger partial charge on any atom is -0.453 e. The van der Waals surface area contributed by atoms with Gasteiger partial charge >= 0.3 is 12.2 Å². The third kappa shape index (κ3) is 3.29. The van der Waals surface area contributed by atoms with Gasteiger partial charge in [-0.25, -0.2) is 14.0 Å². The van der Waals surface area contributed by atoms with Crippen molar-refractivity contribution < 1.29 is 28.2 Å². The van der Waals surface area contributed by atoms with Gasteiger partial charge in [-0.3, -0.25) is 9.69 Å². The number of ether oxygens (including phenoxy) is 2. The first kappa shape index (κ1) is 18.0. The molecule has 140 valence electrons. The van der Waals surface area contributed by atoms with Crippen molar-refractivity contribution in [2.45, 2.75) is 25.5 Å². The van der Waals surface area contributed by atoms with Gasteiger partial charge in [-0.05, 0) is 30.7 Å². The molecule has 0 aliphatic carbocycles. The lowest BCUT2D eigenvalue weighted by Crippen LogP contribution is -2.37. The van der Waals surface area contributed by atoms with Gasteiger partial charge in [-0.2, -0.15) is 0 Å². The molecular weight excluding hydrogens is 345 g/mol. The van der Waals surface area contributed by atoms with Gasteiger partial charge in [0.1, 0.15) is 12.8 Å². The van der Waals surface area contributed by atoms with Crippen molar-refractivity contribution in [3.63, 3.8) is 0 Å². The molecule has 3 rings (SSSR count). The van der Waals surface area contributed by atoms with E-state index in [0.29, 0.717) is 11.4 Å². The SMILES string of the molecule is COC(=O)NCC1CN(c2ccc3c(c2)CC(=O)N3C(C)CF)C(=O)O1. The van der Waals surface area contributed by atoms with Gasteiger partial charge in [0.15, 0.2) is 0 Å². The van der Waals surface area contributed by atoms with Crippen LogP contribution in [-0.2, 0) is 20.7 Å². The second-order valence-electron chi connectivity index (χ2n) is 6.25. The second kappa shape index (κ2) is 7.19. The highest BCUT2D eigenvalue weighted by atomic mass is 19.1.